The van der Waals surface area contributed by atoms with E-state index in [1.54, 1.807) is 31.6 Å². The van der Waals surface area contributed by atoms with Crippen LogP contribution in [0.25, 0.3) is 0 Å². The van der Waals surface area contributed by atoms with Crippen molar-refractivity contribution in [3.63, 3.8) is 0 Å². The van der Waals surface area contributed by atoms with E-state index >= 15 is 0 Å². The van der Waals surface area contributed by atoms with E-state index in [0.717, 1.165) is 11.3 Å². The second kappa shape index (κ2) is 6.68. The highest BCUT2D eigenvalue weighted by Gasteiger charge is 2.12. The molecule has 0 atom stereocenters. The monoisotopic (exact) mass is 271 g/mol. The maximum atomic E-state index is 12.1. The standard InChI is InChI=1S/C15H17N3O2/c1-18(13-6-4-8-17-10-13)15(19)11-20-14-7-3-2-5-12(14)9-16/h2-8,10H,9,11,16H2,1H3. The molecule has 0 fully saturated rings. The van der Waals surface area contributed by atoms with Gasteiger partial charge in [-0.05, 0) is 18.2 Å². The van der Waals surface area contributed by atoms with Gasteiger partial charge in [0.2, 0.25) is 0 Å². The Bertz CT molecular complexity index is 572. The fraction of sp³-hybridized carbons (Fsp3) is 0.200. The van der Waals surface area contributed by atoms with Crippen molar-refractivity contribution in [1.29, 1.82) is 0 Å². The van der Waals surface area contributed by atoms with Crippen molar-refractivity contribution < 1.29 is 9.53 Å². The summed E-state index contributed by atoms with van der Waals surface area (Å²) in [4.78, 5) is 17.6. The Morgan fingerprint density at radius 2 is 2.10 bits per heavy atom. The van der Waals surface area contributed by atoms with Gasteiger partial charge in [0.25, 0.3) is 5.91 Å². The topological polar surface area (TPSA) is 68.5 Å². The van der Waals surface area contributed by atoms with E-state index in [9.17, 15) is 4.79 Å². The lowest BCUT2D eigenvalue weighted by molar-refractivity contribution is -0.120. The van der Waals surface area contributed by atoms with Gasteiger partial charge in [0.15, 0.2) is 6.61 Å². The smallest absolute Gasteiger partial charge is 0.264 e. The van der Waals surface area contributed by atoms with Gasteiger partial charge >= 0.3 is 0 Å². The average molecular weight is 271 g/mol. The lowest BCUT2D eigenvalue weighted by Gasteiger charge is -2.17. The number of benzene rings is 1. The number of aromatic nitrogens is 1. The minimum absolute atomic E-state index is 0.0393. The molecule has 0 saturated heterocycles. The molecule has 1 aromatic heterocycles. The molecular formula is C15H17N3O2. The van der Waals surface area contributed by atoms with Gasteiger partial charge in [-0.2, -0.15) is 0 Å². The minimum atomic E-state index is -0.148. The molecule has 0 bridgehead atoms. The van der Waals surface area contributed by atoms with Crippen LogP contribution in [-0.4, -0.2) is 24.5 Å². The number of ether oxygens (including phenoxy) is 1. The molecule has 1 amide bonds. The Hall–Kier alpha value is -2.40. The number of anilines is 1. The molecule has 0 radical (unpaired) electrons. The van der Waals surface area contributed by atoms with Crippen LogP contribution in [0, 0.1) is 0 Å². The van der Waals surface area contributed by atoms with E-state index in [1.165, 1.54) is 4.90 Å². The van der Waals surface area contributed by atoms with Crippen LogP contribution in [0.3, 0.4) is 0 Å². The van der Waals surface area contributed by atoms with Crippen LogP contribution < -0.4 is 15.4 Å². The number of nitrogens with two attached hydrogens (primary N) is 1. The van der Waals surface area contributed by atoms with E-state index in [-0.39, 0.29) is 12.5 Å². The van der Waals surface area contributed by atoms with Crippen LogP contribution in [0.5, 0.6) is 5.75 Å². The molecule has 5 heteroatoms. The van der Waals surface area contributed by atoms with Gasteiger partial charge in [-0.3, -0.25) is 9.78 Å². The minimum Gasteiger partial charge on any atom is -0.483 e. The van der Waals surface area contributed by atoms with Crippen LogP contribution in [0.4, 0.5) is 5.69 Å². The van der Waals surface area contributed by atoms with E-state index in [4.69, 9.17) is 10.5 Å². The molecule has 0 spiro atoms. The van der Waals surface area contributed by atoms with Crippen LogP contribution in [0.15, 0.2) is 48.8 Å². The van der Waals surface area contributed by atoms with Gasteiger partial charge in [0.05, 0.1) is 11.9 Å². The van der Waals surface area contributed by atoms with Crippen LogP contribution in [0.1, 0.15) is 5.56 Å². The van der Waals surface area contributed by atoms with Gasteiger partial charge in [0, 0.05) is 25.4 Å². The maximum absolute atomic E-state index is 12.1. The third-order valence-corrected chi connectivity index (χ3v) is 2.95. The lowest BCUT2D eigenvalue weighted by atomic mass is 10.2. The van der Waals surface area contributed by atoms with Crippen LogP contribution >= 0.6 is 0 Å². The first-order valence-corrected chi connectivity index (χ1v) is 6.29. The maximum Gasteiger partial charge on any atom is 0.264 e. The number of amides is 1. The van der Waals surface area contributed by atoms with Crippen molar-refractivity contribution in [2.75, 3.05) is 18.6 Å². The van der Waals surface area contributed by atoms with E-state index in [1.807, 2.05) is 24.3 Å². The molecule has 0 aliphatic heterocycles. The zero-order valence-electron chi connectivity index (χ0n) is 11.3. The summed E-state index contributed by atoms with van der Waals surface area (Å²) < 4.78 is 5.54. The summed E-state index contributed by atoms with van der Waals surface area (Å²) in [6, 6.07) is 11.0. The Morgan fingerprint density at radius 3 is 2.80 bits per heavy atom. The second-order valence-electron chi connectivity index (χ2n) is 4.26. The molecule has 0 aliphatic carbocycles. The molecule has 2 N–H and O–H groups in total. The van der Waals surface area contributed by atoms with E-state index in [2.05, 4.69) is 4.98 Å². The summed E-state index contributed by atoms with van der Waals surface area (Å²) in [6.45, 7) is 0.339. The number of para-hydroxylation sites is 1. The Kier molecular flexibility index (Phi) is 4.68. The highest BCUT2D eigenvalue weighted by atomic mass is 16.5. The quantitative estimate of drug-likeness (QED) is 0.896. The molecule has 2 rings (SSSR count). The predicted molar refractivity (Wildman–Crippen MR) is 77.5 cm³/mol. The third kappa shape index (κ3) is 3.33. The molecule has 104 valence electrons. The Balaban J connectivity index is 1.99. The normalized spacial score (nSPS) is 10.1. The molecule has 5 nitrogen and oxygen atoms in total. The van der Waals surface area contributed by atoms with Gasteiger partial charge in [-0.1, -0.05) is 18.2 Å². The fourth-order valence-electron chi connectivity index (χ4n) is 1.75. The summed E-state index contributed by atoms with van der Waals surface area (Å²) in [5, 5.41) is 0. The van der Waals surface area contributed by atoms with Gasteiger partial charge in [-0.15, -0.1) is 0 Å². The zero-order chi connectivity index (χ0) is 14.4. The second-order valence-corrected chi connectivity index (χ2v) is 4.26. The Labute approximate surface area is 118 Å². The first-order valence-electron chi connectivity index (χ1n) is 6.29. The number of pyridine rings is 1. The fourth-order valence-corrected chi connectivity index (χ4v) is 1.75. The van der Waals surface area contributed by atoms with Crippen molar-refractivity contribution in [2.24, 2.45) is 5.73 Å². The number of hydrogen-bond donors (Lipinski definition) is 1. The molecule has 0 unspecified atom stereocenters. The number of carbonyl (C=O) groups is 1. The summed E-state index contributed by atoms with van der Waals surface area (Å²) in [5.74, 6) is 0.493. The largest absolute Gasteiger partial charge is 0.483 e. The van der Waals surface area contributed by atoms with Crippen LogP contribution in [-0.2, 0) is 11.3 Å². The summed E-state index contributed by atoms with van der Waals surface area (Å²) in [5.41, 5.74) is 7.23. The molecule has 0 aliphatic rings. The van der Waals surface area contributed by atoms with Crippen molar-refractivity contribution >= 4 is 11.6 Å². The SMILES string of the molecule is CN(C(=O)COc1ccccc1CN)c1cccnc1. The predicted octanol–water partition coefficient (Wildman–Crippen LogP) is 1.58. The van der Waals surface area contributed by atoms with Crippen molar-refractivity contribution in [3.05, 3.63) is 54.4 Å². The third-order valence-electron chi connectivity index (χ3n) is 2.95. The number of nitrogens with zero attached hydrogens (tertiary/aromatic N) is 2. The summed E-state index contributed by atoms with van der Waals surface area (Å²) in [7, 11) is 1.69. The number of carbonyl (C=O) groups excluding carboxylic acids is 1. The van der Waals surface area contributed by atoms with E-state index < -0.39 is 0 Å². The summed E-state index contributed by atoms with van der Waals surface area (Å²) >= 11 is 0. The number of likely N-dealkylation sites (N-methyl/N-ethyl adjacent to an activating group) is 1. The van der Waals surface area contributed by atoms with Crippen molar-refractivity contribution in [1.82, 2.24) is 4.98 Å². The molecule has 1 aromatic carbocycles. The van der Waals surface area contributed by atoms with Gasteiger partial charge < -0.3 is 15.4 Å². The molecule has 20 heavy (non-hydrogen) atoms. The number of hydrogen-bond acceptors (Lipinski definition) is 4. The highest BCUT2D eigenvalue weighted by Crippen LogP contribution is 2.17. The molecule has 0 saturated carbocycles. The first kappa shape index (κ1) is 14.0. The Morgan fingerprint density at radius 1 is 1.30 bits per heavy atom. The van der Waals surface area contributed by atoms with Crippen molar-refractivity contribution in [2.45, 2.75) is 6.54 Å². The lowest BCUT2D eigenvalue weighted by Crippen LogP contribution is -2.31. The van der Waals surface area contributed by atoms with Gasteiger partial charge in [-0.25, -0.2) is 0 Å². The number of rotatable bonds is 5. The molecule has 2 aromatic rings. The van der Waals surface area contributed by atoms with Crippen LogP contribution in [0.2, 0.25) is 0 Å². The summed E-state index contributed by atoms with van der Waals surface area (Å²) in [6.07, 6.45) is 3.29. The zero-order valence-corrected chi connectivity index (χ0v) is 11.3. The average Bonchev–Trinajstić information content (AvgIpc) is 2.53. The highest BCUT2D eigenvalue weighted by molar-refractivity contribution is 5.93. The molecular weight excluding hydrogens is 254 g/mol. The van der Waals surface area contributed by atoms with Gasteiger partial charge in [0.1, 0.15) is 5.75 Å². The molecule has 1 heterocycles. The first-order chi connectivity index (χ1) is 9.72. The van der Waals surface area contributed by atoms with E-state index in [0.29, 0.717) is 12.3 Å². The van der Waals surface area contributed by atoms with Crippen molar-refractivity contribution in [3.8, 4) is 5.75 Å².